The molecule has 0 bridgehead atoms. The van der Waals surface area contributed by atoms with Gasteiger partial charge in [0.15, 0.2) is 0 Å². The number of carboxylic acids is 1. The normalized spacial score (nSPS) is 12.0. The molecule has 0 aliphatic carbocycles. The summed E-state index contributed by atoms with van der Waals surface area (Å²) >= 11 is 0. The van der Waals surface area contributed by atoms with E-state index >= 15 is 0 Å². The summed E-state index contributed by atoms with van der Waals surface area (Å²) in [6, 6.07) is -0.210. The molecular weight excluding hydrogens is 156 g/mol. The monoisotopic (exact) mass is 164 g/mol. The lowest BCUT2D eigenvalue weighted by molar-refractivity contribution is 0.0697. The molecule has 12 heavy (non-hydrogen) atoms. The summed E-state index contributed by atoms with van der Waals surface area (Å²) in [5.41, 5.74) is 0.150. The van der Waals surface area contributed by atoms with Crippen molar-refractivity contribution in [3.63, 3.8) is 0 Å². The van der Waals surface area contributed by atoms with E-state index in [4.69, 9.17) is 11.5 Å². The van der Waals surface area contributed by atoms with Crippen LogP contribution in [0.2, 0.25) is 0 Å². The lowest BCUT2D eigenvalue weighted by Crippen LogP contribution is -2.02. The Balaban J connectivity index is 2.93. The first-order valence-corrected chi connectivity index (χ1v) is 3.38. The van der Waals surface area contributed by atoms with Crippen LogP contribution in [0.25, 0.3) is 0 Å². The van der Waals surface area contributed by atoms with Gasteiger partial charge in [-0.05, 0) is 6.92 Å². The van der Waals surface area contributed by atoms with Crippen molar-refractivity contribution < 1.29 is 9.90 Å². The van der Waals surface area contributed by atoms with Crippen molar-refractivity contribution >= 4 is 5.97 Å². The summed E-state index contributed by atoms with van der Waals surface area (Å²) in [5.74, 6) is 1.45. The number of hydrogen-bond acceptors (Lipinski definition) is 2. The molecule has 1 rings (SSSR count). The Kier molecular flexibility index (Phi) is 2.15. The van der Waals surface area contributed by atoms with Gasteiger partial charge in [0.25, 0.3) is 0 Å². The maximum Gasteiger partial charge on any atom is 0.338 e. The van der Waals surface area contributed by atoms with Crippen LogP contribution in [0.4, 0.5) is 0 Å². The van der Waals surface area contributed by atoms with Crippen molar-refractivity contribution in [2.45, 2.75) is 13.0 Å². The van der Waals surface area contributed by atoms with Gasteiger partial charge < -0.3 is 5.11 Å². The molecule has 1 aromatic heterocycles. The van der Waals surface area contributed by atoms with Gasteiger partial charge in [-0.1, -0.05) is 5.92 Å². The Labute approximate surface area is 69.8 Å². The summed E-state index contributed by atoms with van der Waals surface area (Å²) in [6.07, 6.45) is 7.81. The number of terminal acetylenes is 1. The second-order valence-corrected chi connectivity index (χ2v) is 2.36. The van der Waals surface area contributed by atoms with Crippen molar-refractivity contribution in [2.24, 2.45) is 0 Å². The molecule has 0 radical (unpaired) electrons. The zero-order chi connectivity index (χ0) is 9.14. The number of carbonyl (C=O) groups is 1. The van der Waals surface area contributed by atoms with Crippen molar-refractivity contribution in [3.8, 4) is 12.3 Å². The van der Waals surface area contributed by atoms with Gasteiger partial charge in [-0.25, -0.2) is 4.79 Å². The molecule has 0 aliphatic heterocycles. The largest absolute Gasteiger partial charge is 0.478 e. The molecule has 4 nitrogen and oxygen atoms in total. The molecule has 0 aromatic carbocycles. The Morgan fingerprint density at radius 3 is 3.00 bits per heavy atom. The molecule has 1 heterocycles. The highest BCUT2D eigenvalue weighted by Crippen LogP contribution is 2.04. The summed E-state index contributed by atoms with van der Waals surface area (Å²) in [7, 11) is 0. The highest BCUT2D eigenvalue weighted by Gasteiger charge is 2.07. The lowest BCUT2D eigenvalue weighted by atomic mass is 10.3. The first kappa shape index (κ1) is 8.34. The van der Waals surface area contributed by atoms with Crippen LogP contribution in [-0.4, -0.2) is 20.9 Å². The predicted molar refractivity (Wildman–Crippen MR) is 42.7 cm³/mol. The van der Waals surface area contributed by atoms with Gasteiger partial charge in [0.2, 0.25) is 0 Å². The van der Waals surface area contributed by atoms with Crippen LogP contribution < -0.4 is 0 Å². The summed E-state index contributed by atoms with van der Waals surface area (Å²) < 4.78 is 1.43. The van der Waals surface area contributed by atoms with E-state index < -0.39 is 5.97 Å². The second kappa shape index (κ2) is 3.09. The summed E-state index contributed by atoms with van der Waals surface area (Å²) in [4.78, 5) is 10.4. The molecule has 0 saturated heterocycles. The maximum absolute atomic E-state index is 10.4. The highest BCUT2D eigenvalue weighted by molar-refractivity contribution is 5.86. The van der Waals surface area contributed by atoms with Gasteiger partial charge in [-0.2, -0.15) is 5.10 Å². The molecule has 1 unspecified atom stereocenters. The smallest absolute Gasteiger partial charge is 0.338 e. The third-order valence-corrected chi connectivity index (χ3v) is 1.49. The maximum atomic E-state index is 10.4. The Hall–Kier alpha value is -1.76. The van der Waals surface area contributed by atoms with Crippen molar-refractivity contribution in [3.05, 3.63) is 18.0 Å². The Morgan fingerprint density at radius 2 is 2.58 bits per heavy atom. The SMILES string of the molecule is C#CC(C)n1cc(C(=O)O)cn1. The summed E-state index contributed by atoms with van der Waals surface area (Å²) in [6.45, 7) is 1.76. The van der Waals surface area contributed by atoms with Crippen LogP contribution >= 0.6 is 0 Å². The number of aromatic nitrogens is 2. The molecule has 0 aliphatic rings. The fourth-order valence-corrected chi connectivity index (χ4v) is 0.737. The van der Waals surface area contributed by atoms with Crippen LogP contribution in [0.15, 0.2) is 12.4 Å². The number of nitrogens with zero attached hydrogens (tertiary/aromatic N) is 2. The van der Waals surface area contributed by atoms with E-state index in [1.165, 1.54) is 17.1 Å². The fourth-order valence-electron chi connectivity index (χ4n) is 0.737. The zero-order valence-electron chi connectivity index (χ0n) is 6.56. The van der Waals surface area contributed by atoms with Crippen molar-refractivity contribution in [1.29, 1.82) is 0 Å². The molecule has 0 fully saturated rings. The molecule has 0 spiro atoms. The van der Waals surface area contributed by atoms with E-state index in [0.717, 1.165) is 0 Å². The first-order chi connectivity index (χ1) is 5.65. The van der Waals surface area contributed by atoms with Crippen LogP contribution in [0.1, 0.15) is 23.3 Å². The molecule has 1 atom stereocenters. The Morgan fingerprint density at radius 1 is 1.92 bits per heavy atom. The minimum absolute atomic E-state index is 0.150. The third kappa shape index (κ3) is 1.45. The first-order valence-electron chi connectivity index (χ1n) is 3.38. The molecule has 1 N–H and O–H groups in total. The van der Waals surface area contributed by atoms with Crippen LogP contribution in [-0.2, 0) is 0 Å². The quantitative estimate of drug-likeness (QED) is 0.657. The van der Waals surface area contributed by atoms with E-state index in [1.54, 1.807) is 6.92 Å². The van der Waals surface area contributed by atoms with Crippen LogP contribution in [0.5, 0.6) is 0 Å². The minimum atomic E-state index is -0.995. The lowest BCUT2D eigenvalue weighted by Gasteiger charge is -2.01. The van der Waals surface area contributed by atoms with E-state index in [0.29, 0.717) is 0 Å². The number of hydrogen-bond donors (Lipinski definition) is 1. The number of aromatic carboxylic acids is 1. The number of rotatable bonds is 2. The zero-order valence-corrected chi connectivity index (χ0v) is 6.56. The molecule has 62 valence electrons. The molecule has 4 heteroatoms. The topological polar surface area (TPSA) is 55.1 Å². The molecule has 0 amide bonds. The van der Waals surface area contributed by atoms with E-state index in [1.807, 2.05) is 0 Å². The van der Waals surface area contributed by atoms with E-state index in [9.17, 15) is 4.79 Å². The predicted octanol–water partition coefficient (Wildman–Crippen LogP) is 0.775. The van der Waals surface area contributed by atoms with Crippen LogP contribution in [0.3, 0.4) is 0 Å². The van der Waals surface area contributed by atoms with Gasteiger partial charge in [0.05, 0.1) is 11.8 Å². The van der Waals surface area contributed by atoms with Crippen molar-refractivity contribution in [1.82, 2.24) is 9.78 Å². The fraction of sp³-hybridized carbons (Fsp3) is 0.250. The number of carboxylic acid groups (broad SMARTS) is 1. The summed E-state index contributed by atoms with van der Waals surface area (Å²) in [5, 5.41) is 12.3. The second-order valence-electron chi connectivity index (χ2n) is 2.36. The van der Waals surface area contributed by atoms with Gasteiger partial charge in [0, 0.05) is 6.20 Å². The average molecular weight is 164 g/mol. The van der Waals surface area contributed by atoms with Gasteiger partial charge in [-0.15, -0.1) is 6.42 Å². The molecular formula is C8H8N2O2. The van der Waals surface area contributed by atoms with Crippen molar-refractivity contribution in [2.75, 3.05) is 0 Å². The standard InChI is InChI=1S/C8H8N2O2/c1-3-6(2)10-5-7(4-9-10)8(11)12/h1,4-6H,2H3,(H,11,12). The average Bonchev–Trinajstić information content (AvgIpc) is 2.51. The van der Waals surface area contributed by atoms with Gasteiger partial charge in [0.1, 0.15) is 6.04 Å². The van der Waals surface area contributed by atoms with Crippen LogP contribution in [0, 0.1) is 12.3 Å². The Bertz CT molecular complexity index is 335. The van der Waals surface area contributed by atoms with E-state index in [2.05, 4.69) is 11.0 Å². The van der Waals surface area contributed by atoms with Gasteiger partial charge in [-0.3, -0.25) is 4.68 Å². The third-order valence-electron chi connectivity index (χ3n) is 1.49. The van der Waals surface area contributed by atoms with Gasteiger partial charge >= 0.3 is 5.97 Å². The highest BCUT2D eigenvalue weighted by atomic mass is 16.4. The van der Waals surface area contributed by atoms with E-state index in [-0.39, 0.29) is 11.6 Å². The minimum Gasteiger partial charge on any atom is -0.478 e. The molecule has 0 saturated carbocycles. The molecule has 1 aromatic rings.